The molecule has 0 aliphatic carbocycles. The number of anilines is 1. The van der Waals surface area contributed by atoms with Crippen LogP contribution in [-0.4, -0.2) is 12.5 Å². The highest BCUT2D eigenvalue weighted by molar-refractivity contribution is 6.04. The Bertz CT molecular complexity index is 408. The van der Waals surface area contributed by atoms with Crippen LogP contribution in [0.4, 0.5) is 5.69 Å². The van der Waals surface area contributed by atoms with Crippen LogP contribution in [0.3, 0.4) is 0 Å². The smallest absolute Gasteiger partial charge is 0.153 e. The van der Waals surface area contributed by atoms with E-state index in [-0.39, 0.29) is 0 Å². The number of hydrogen-bond donors (Lipinski definition) is 1. The van der Waals surface area contributed by atoms with Gasteiger partial charge in [0.15, 0.2) is 12.5 Å². The van der Waals surface area contributed by atoms with Crippen molar-refractivity contribution in [3.05, 3.63) is 35.4 Å². The van der Waals surface area contributed by atoms with Crippen molar-refractivity contribution in [3.8, 4) is 0 Å². The molecule has 0 unspecified atom stereocenters. The van der Waals surface area contributed by atoms with Crippen molar-refractivity contribution < 1.29 is 12.3 Å². The van der Waals surface area contributed by atoms with E-state index in [1.807, 2.05) is 0 Å². The van der Waals surface area contributed by atoms with Gasteiger partial charge < -0.3 is 5.73 Å². The number of aldehydes is 2. The average Bonchev–Trinajstić information content (AvgIpc) is 2.15. The van der Waals surface area contributed by atoms with E-state index in [2.05, 4.69) is 0 Å². The van der Waals surface area contributed by atoms with Crippen LogP contribution in [-0.2, 0) is 9.59 Å². The minimum Gasteiger partial charge on any atom is -0.399 e. The third kappa shape index (κ3) is 2.56. The molecule has 0 spiro atoms. The predicted molar refractivity (Wildman–Crippen MR) is 51.0 cm³/mol. The lowest BCUT2D eigenvalue weighted by atomic mass is 10.1. The van der Waals surface area contributed by atoms with Crippen LogP contribution in [0.2, 0.25) is 0 Å². The van der Waals surface area contributed by atoms with Crippen LogP contribution in [0.5, 0.6) is 0 Å². The van der Waals surface area contributed by atoms with E-state index in [1.54, 1.807) is 24.3 Å². The third-order valence-electron chi connectivity index (χ3n) is 1.47. The maximum absolute atomic E-state index is 10.7. The second-order valence-electron chi connectivity index (χ2n) is 2.43. The Morgan fingerprint density at radius 1 is 1.23 bits per heavy atom. The summed E-state index contributed by atoms with van der Waals surface area (Å²) in [5.41, 5.74) is 6.10. The van der Waals surface area contributed by atoms with Crippen LogP contribution in [0, 0.1) is 0 Å². The number of hydrogen-bond acceptors (Lipinski definition) is 3. The zero-order chi connectivity index (χ0) is 11.4. The van der Waals surface area contributed by atoms with Gasteiger partial charge >= 0.3 is 0 Å². The number of benzene rings is 1. The second kappa shape index (κ2) is 4.21. The molecule has 3 heteroatoms. The van der Waals surface area contributed by atoms with Gasteiger partial charge in [0, 0.05) is 5.69 Å². The molecule has 0 bridgehead atoms. The number of rotatable bonds is 3. The van der Waals surface area contributed by atoms with Gasteiger partial charge in [-0.25, -0.2) is 0 Å². The first-order valence-corrected chi connectivity index (χ1v) is 3.60. The third-order valence-corrected chi connectivity index (χ3v) is 1.47. The fourth-order valence-electron chi connectivity index (χ4n) is 0.839. The van der Waals surface area contributed by atoms with Gasteiger partial charge in [0.25, 0.3) is 0 Å². The molecule has 66 valence electrons. The van der Waals surface area contributed by atoms with Crippen LogP contribution in [0.15, 0.2) is 29.8 Å². The molecule has 1 aromatic rings. The van der Waals surface area contributed by atoms with Gasteiger partial charge in [-0.15, -0.1) is 0 Å². The molecule has 0 aromatic heterocycles. The zero-order valence-corrected chi connectivity index (χ0v) is 6.78. The SMILES string of the molecule is [2H]C(=O)C(=Cc1ccc(N)cc1)C([2H])=O. The Kier molecular flexibility index (Phi) is 2.14. The van der Waals surface area contributed by atoms with Gasteiger partial charge in [-0.3, -0.25) is 9.59 Å². The maximum Gasteiger partial charge on any atom is 0.153 e. The lowest BCUT2D eigenvalue weighted by Gasteiger charge is -1.94. The minimum absolute atomic E-state index is 0.459. The maximum atomic E-state index is 10.7. The van der Waals surface area contributed by atoms with Crippen LogP contribution in [0.1, 0.15) is 8.30 Å². The first-order valence-electron chi connectivity index (χ1n) is 4.60. The van der Waals surface area contributed by atoms with Gasteiger partial charge in [0.05, 0.1) is 5.57 Å². The molecule has 0 amide bonds. The lowest BCUT2D eigenvalue weighted by Crippen LogP contribution is -1.86. The predicted octanol–water partition coefficient (Wildman–Crippen LogP) is 1.05. The van der Waals surface area contributed by atoms with Crippen LogP contribution >= 0.6 is 0 Å². The molecule has 0 heterocycles. The topological polar surface area (TPSA) is 60.2 Å². The molecular weight excluding hydrogens is 166 g/mol. The summed E-state index contributed by atoms with van der Waals surface area (Å²) in [6.07, 6.45) is -1.12. The molecule has 3 nitrogen and oxygen atoms in total. The number of nitrogen functional groups attached to an aromatic ring is 1. The summed E-state index contributed by atoms with van der Waals surface area (Å²) in [5, 5.41) is 0. The molecule has 0 saturated carbocycles. The lowest BCUT2D eigenvalue weighted by molar-refractivity contribution is -0.109. The Hall–Kier alpha value is -1.90. The van der Waals surface area contributed by atoms with Gasteiger partial charge in [-0.05, 0) is 23.8 Å². The highest BCUT2D eigenvalue weighted by Crippen LogP contribution is 2.08. The summed E-state index contributed by atoms with van der Waals surface area (Å²) < 4.78 is 13.6. The molecule has 13 heavy (non-hydrogen) atoms. The molecule has 2 N–H and O–H groups in total. The first kappa shape index (κ1) is 6.60. The highest BCUT2D eigenvalue weighted by Gasteiger charge is 1.92. The van der Waals surface area contributed by atoms with Crippen LogP contribution in [0.25, 0.3) is 6.08 Å². The summed E-state index contributed by atoms with van der Waals surface area (Å²) in [4.78, 5) is 21.4. The van der Waals surface area contributed by atoms with Crippen molar-refractivity contribution in [2.24, 2.45) is 0 Å². The molecule has 0 radical (unpaired) electrons. The number of carbonyl (C=O) groups is 2. The van der Waals surface area contributed by atoms with E-state index in [4.69, 9.17) is 8.48 Å². The molecular formula is C10H9NO2. The molecule has 0 fully saturated rings. The summed E-state index contributed by atoms with van der Waals surface area (Å²) in [7, 11) is 0. The van der Waals surface area contributed by atoms with Crippen molar-refractivity contribution in [2.75, 3.05) is 5.73 Å². The average molecular weight is 177 g/mol. The van der Waals surface area contributed by atoms with E-state index in [0.717, 1.165) is 0 Å². The van der Waals surface area contributed by atoms with E-state index < -0.39 is 18.1 Å². The Morgan fingerprint density at radius 2 is 1.77 bits per heavy atom. The van der Waals surface area contributed by atoms with Crippen molar-refractivity contribution in [1.29, 1.82) is 0 Å². The van der Waals surface area contributed by atoms with E-state index in [1.165, 1.54) is 6.08 Å². The normalized spacial score (nSPS) is 11.1. The number of nitrogens with two attached hydrogens (primary N) is 1. The number of carbonyl (C=O) groups excluding carboxylic acids is 2. The molecule has 1 aromatic carbocycles. The fourth-order valence-corrected chi connectivity index (χ4v) is 0.839. The standard InChI is InChI=1S/C10H9NO2/c11-10-3-1-8(2-4-10)5-9(6-12)7-13/h1-7H,11H2/i6D,7D. The fraction of sp³-hybridized carbons (Fsp3) is 0. The Balaban J connectivity index is 3.08. The van der Waals surface area contributed by atoms with Crippen molar-refractivity contribution in [3.63, 3.8) is 0 Å². The first-order chi connectivity index (χ1) is 7.00. The monoisotopic (exact) mass is 177 g/mol. The summed E-state index contributed by atoms with van der Waals surface area (Å²) in [5.74, 6) is 0. The highest BCUT2D eigenvalue weighted by atomic mass is 16.1. The molecule has 0 aliphatic rings. The zero-order valence-electron chi connectivity index (χ0n) is 8.78. The van der Waals surface area contributed by atoms with E-state index >= 15 is 0 Å². The van der Waals surface area contributed by atoms with Crippen LogP contribution < -0.4 is 5.73 Å². The minimum atomic E-state index is -1.16. The van der Waals surface area contributed by atoms with Gasteiger partial charge in [-0.1, -0.05) is 12.1 Å². The quantitative estimate of drug-likeness (QED) is 0.247. The van der Waals surface area contributed by atoms with Crippen molar-refractivity contribution >= 4 is 24.3 Å². The molecule has 0 atom stereocenters. The van der Waals surface area contributed by atoms with Crippen molar-refractivity contribution in [2.45, 2.75) is 0 Å². The second-order valence-corrected chi connectivity index (χ2v) is 2.43. The van der Waals surface area contributed by atoms with Gasteiger partial charge in [-0.2, -0.15) is 0 Å². The summed E-state index contributed by atoms with van der Waals surface area (Å²) >= 11 is 0. The van der Waals surface area contributed by atoms with E-state index in [9.17, 15) is 9.59 Å². The Labute approximate surface area is 78.7 Å². The molecule has 0 aliphatic heterocycles. The molecule has 1 rings (SSSR count). The largest absolute Gasteiger partial charge is 0.399 e. The van der Waals surface area contributed by atoms with Crippen molar-refractivity contribution in [1.82, 2.24) is 0 Å². The van der Waals surface area contributed by atoms with Gasteiger partial charge in [0.1, 0.15) is 2.74 Å². The molecule has 0 saturated heterocycles. The Morgan fingerprint density at radius 3 is 2.23 bits per heavy atom. The summed E-state index contributed by atoms with van der Waals surface area (Å²) in [6.45, 7) is 0. The number of allylic oxidation sites excluding steroid dienone is 1. The van der Waals surface area contributed by atoms with E-state index in [0.29, 0.717) is 11.3 Å². The van der Waals surface area contributed by atoms with Gasteiger partial charge in [0.2, 0.25) is 0 Å². The summed E-state index contributed by atoms with van der Waals surface area (Å²) in [6, 6.07) is 6.40.